The number of pyridine rings is 2. The van der Waals surface area contributed by atoms with Crippen LogP contribution in [0.3, 0.4) is 0 Å². The van der Waals surface area contributed by atoms with Crippen molar-refractivity contribution in [2.24, 2.45) is 7.05 Å². The lowest BCUT2D eigenvalue weighted by atomic mass is 10.1. The molecule has 3 heterocycles. The molecule has 0 bridgehead atoms. The summed E-state index contributed by atoms with van der Waals surface area (Å²) in [5, 5.41) is 3.71. The van der Waals surface area contributed by atoms with Gasteiger partial charge in [0, 0.05) is 36.9 Å². The second kappa shape index (κ2) is 6.24. The van der Waals surface area contributed by atoms with Crippen molar-refractivity contribution in [3.8, 4) is 0 Å². The Labute approximate surface area is 149 Å². The van der Waals surface area contributed by atoms with E-state index in [0.29, 0.717) is 11.9 Å². The van der Waals surface area contributed by atoms with Gasteiger partial charge in [-0.15, -0.1) is 0 Å². The van der Waals surface area contributed by atoms with Crippen molar-refractivity contribution in [1.29, 1.82) is 0 Å². The third-order valence-corrected chi connectivity index (χ3v) is 4.18. The molecule has 3 aromatic rings. The van der Waals surface area contributed by atoms with E-state index in [1.54, 1.807) is 13.0 Å². The van der Waals surface area contributed by atoms with Crippen molar-refractivity contribution in [2.45, 2.75) is 19.6 Å². The van der Waals surface area contributed by atoms with Gasteiger partial charge in [-0.1, -0.05) is 11.6 Å². The quantitative estimate of drug-likeness (QED) is 0.651. The maximum atomic E-state index is 12.8. The highest BCUT2D eigenvalue weighted by atomic mass is 35.5. The van der Waals surface area contributed by atoms with Gasteiger partial charge in [0.25, 0.3) is 5.56 Å². The van der Waals surface area contributed by atoms with Gasteiger partial charge in [-0.3, -0.25) is 14.3 Å². The van der Waals surface area contributed by atoms with Gasteiger partial charge < -0.3 is 4.57 Å². The van der Waals surface area contributed by atoms with Crippen molar-refractivity contribution in [3.63, 3.8) is 0 Å². The molecule has 3 aromatic heterocycles. The molecule has 0 spiro atoms. The number of ketones is 1. The van der Waals surface area contributed by atoms with E-state index in [9.17, 15) is 22.8 Å². The topological polar surface area (TPSA) is 69.8 Å². The zero-order valence-corrected chi connectivity index (χ0v) is 14.4. The Morgan fingerprint density at radius 1 is 1.35 bits per heavy atom. The Balaban J connectivity index is 2.14. The van der Waals surface area contributed by atoms with Crippen molar-refractivity contribution in [1.82, 2.24) is 19.3 Å². The summed E-state index contributed by atoms with van der Waals surface area (Å²) < 4.78 is 40.9. The number of alkyl halides is 3. The maximum absolute atomic E-state index is 12.8. The first kappa shape index (κ1) is 18.1. The molecule has 0 aromatic carbocycles. The number of carbonyl (C=O) groups is 1. The Bertz CT molecular complexity index is 1090. The summed E-state index contributed by atoms with van der Waals surface area (Å²) in [5.41, 5.74) is -1.59. The summed E-state index contributed by atoms with van der Waals surface area (Å²) in [4.78, 5) is 28.3. The molecule has 0 radical (unpaired) electrons. The van der Waals surface area contributed by atoms with Crippen molar-refractivity contribution in [3.05, 3.63) is 56.9 Å². The van der Waals surface area contributed by atoms with Crippen LogP contribution in [0.1, 0.15) is 28.7 Å². The molecule has 10 heteroatoms. The molecule has 0 saturated heterocycles. The molecule has 26 heavy (non-hydrogen) atoms. The van der Waals surface area contributed by atoms with Crippen molar-refractivity contribution < 1.29 is 18.0 Å². The van der Waals surface area contributed by atoms with Crippen LogP contribution in [0.4, 0.5) is 13.2 Å². The molecule has 0 atom stereocenters. The monoisotopic (exact) mass is 384 g/mol. The van der Waals surface area contributed by atoms with Crippen LogP contribution in [0.2, 0.25) is 5.02 Å². The van der Waals surface area contributed by atoms with Gasteiger partial charge in [0.05, 0.1) is 5.02 Å². The molecule has 0 aliphatic rings. The van der Waals surface area contributed by atoms with Gasteiger partial charge >= 0.3 is 6.18 Å². The first-order chi connectivity index (χ1) is 12.1. The largest absolute Gasteiger partial charge is 0.434 e. The molecule has 136 valence electrons. The van der Waals surface area contributed by atoms with E-state index in [0.717, 1.165) is 12.3 Å². The number of aryl methyl sites for hydroxylation is 2. The van der Waals surface area contributed by atoms with Crippen LogP contribution < -0.4 is 5.56 Å². The standard InChI is InChI=1S/C16H12ClF3N4O2/c1-3-24-5-4-9-11(15(24)26)22-23(2)12(9)13(25)8-6-10(17)14(21-7-8)16(18,19)20/h4-7H,3H2,1-2H3. The smallest absolute Gasteiger partial charge is 0.314 e. The molecule has 0 aliphatic carbocycles. The third kappa shape index (κ3) is 2.88. The fourth-order valence-electron chi connectivity index (χ4n) is 2.65. The number of hydrogen-bond donors (Lipinski definition) is 0. The molecular formula is C16H12ClF3N4O2. The number of carbonyl (C=O) groups excluding carboxylic acids is 1. The Kier molecular flexibility index (Phi) is 4.35. The van der Waals surface area contributed by atoms with E-state index in [1.807, 2.05) is 0 Å². The lowest BCUT2D eigenvalue weighted by Crippen LogP contribution is -2.18. The van der Waals surface area contributed by atoms with Gasteiger partial charge in [-0.2, -0.15) is 18.3 Å². The minimum absolute atomic E-state index is 0.0676. The highest BCUT2D eigenvalue weighted by Gasteiger charge is 2.35. The van der Waals surface area contributed by atoms with Gasteiger partial charge in [0.15, 0.2) is 11.2 Å². The van der Waals surface area contributed by atoms with Crippen LogP contribution in [0, 0.1) is 0 Å². The number of nitrogens with zero attached hydrogens (tertiary/aromatic N) is 4. The first-order valence-corrected chi connectivity index (χ1v) is 7.86. The molecule has 0 saturated carbocycles. The minimum atomic E-state index is -4.72. The maximum Gasteiger partial charge on any atom is 0.434 e. The van der Waals surface area contributed by atoms with Crippen LogP contribution in [0.25, 0.3) is 10.9 Å². The van der Waals surface area contributed by atoms with Gasteiger partial charge in [0.2, 0.25) is 5.78 Å². The first-order valence-electron chi connectivity index (χ1n) is 7.48. The number of aromatic nitrogens is 4. The predicted molar refractivity (Wildman–Crippen MR) is 88.3 cm³/mol. The fraction of sp³-hybridized carbons (Fsp3) is 0.250. The average molecular weight is 385 g/mol. The summed E-state index contributed by atoms with van der Waals surface area (Å²) >= 11 is 5.63. The summed E-state index contributed by atoms with van der Waals surface area (Å²) in [6.45, 7) is 2.23. The lowest BCUT2D eigenvalue weighted by molar-refractivity contribution is -0.141. The van der Waals surface area contributed by atoms with Gasteiger partial charge in [0.1, 0.15) is 5.69 Å². The van der Waals surface area contributed by atoms with Crippen molar-refractivity contribution in [2.75, 3.05) is 0 Å². The summed E-state index contributed by atoms with van der Waals surface area (Å²) in [5.74, 6) is -0.633. The van der Waals surface area contributed by atoms with E-state index in [1.165, 1.54) is 22.5 Å². The predicted octanol–water partition coefficient (Wildman–Crippen LogP) is 3.05. The second-order valence-corrected chi connectivity index (χ2v) is 5.93. The van der Waals surface area contributed by atoms with Crippen LogP contribution >= 0.6 is 11.6 Å². The third-order valence-electron chi connectivity index (χ3n) is 3.90. The molecule has 3 rings (SSSR count). The van der Waals surface area contributed by atoms with E-state index in [-0.39, 0.29) is 22.3 Å². The van der Waals surface area contributed by atoms with E-state index >= 15 is 0 Å². The fourth-order valence-corrected chi connectivity index (χ4v) is 2.92. The number of fused-ring (bicyclic) bond motifs is 1. The van der Waals surface area contributed by atoms with E-state index in [4.69, 9.17) is 11.6 Å². The van der Waals surface area contributed by atoms with Crippen LogP contribution in [0.15, 0.2) is 29.3 Å². The SMILES string of the molecule is CCn1ccc2c(C(=O)c3cnc(C(F)(F)F)c(Cl)c3)n(C)nc2c1=O. The van der Waals surface area contributed by atoms with Crippen LogP contribution in [-0.4, -0.2) is 25.1 Å². The highest BCUT2D eigenvalue weighted by molar-refractivity contribution is 6.32. The lowest BCUT2D eigenvalue weighted by Gasteiger charge is -2.09. The average Bonchev–Trinajstić information content (AvgIpc) is 2.90. The molecule has 6 nitrogen and oxygen atoms in total. The molecule has 0 unspecified atom stereocenters. The van der Waals surface area contributed by atoms with Crippen LogP contribution in [0.5, 0.6) is 0 Å². The minimum Gasteiger partial charge on any atom is -0.314 e. The molecule has 0 amide bonds. The second-order valence-electron chi connectivity index (χ2n) is 5.52. The van der Waals surface area contributed by atoms with Gasteiger partial charge in [-0.05, 0) is 19.1 Å². The zero-order chi connectivity index (χ0) is 19.2. The zero-order valence-electron chi connectivity index (χ0n) is 13.6. The molecular weight excluding hydrogens is 373 g/mol. The van der Waals surface area contributed by atoms with Crippen LogP contribution in [-0.2, 0) is 19.8 Å². The Morgan fingerprint density at radius 2 is 2.04 bits per heavy atom. The summed E-state index contributed by atoms with van der Waals surface area (Å²) in [6.07, 6.45) is -2.38. The summed E-state index contributed by atoms with van der Waals surface area (Å²) in [6, 6.07) is 2.48. The van der Waals surface area contributed by atoms with E-state index < -0.39 is 22.7 Å². The number of hydrogen-bond acceptors (Lipinski definition) is 4. The Morgan fingerprint density at radius 3 is 2.62 bits per heavy atom. The highest BCUT2D eigenvalue weighted by Crippen LogP contribution is 2.33. The normalized spacial score (nSPS) is 11.9. The Hall–Kier alpha value is -2.68. The number of rotatable bonds is 3. The molecule has 0 fully saturated rings. The van der Waals surface area contributed by atoms with Crippen molar-refractivity contribution >= 4 is 28.3 Å². The van der Waals surface area contributed by atoms with Gasteiger partial charge in [-0.25, -0.2) is 4.98 Å². The number of halogens is 4. The molecule has 0 aliphatic heterocycles. The van der Waals surface area contributed by atoms with E-state index in [2.05, 4.69) is 10.1 Å². The molecule has 0 N–H and O–H groups in total. The summed E-state index contributed by atoms with van der Waals surface area (Å²) in [7, 11) is 1.47.